The van der Waals surface area contributed by atoms with E-state index in [9.17, 15) is 13.2 Å². The number of ether oxygens (including phenoxy) is 1. The number of nitrogens with one attached hydrogen (secondary N) is 1. The molecule has 1 N–H and O–H groups in total. The normalized spacial score (nSPS) is 20.7. The van der Waals surface area contributed by atoms with Crippen LogP contribution in [0.1, 0.15) is 31.2 Å². The lowest BCUT2D eigenvalue weighted by atomic mass is 9.90. The first-order valence-corrected chi connectivity index (χ1v) is 14.1. The monoisotopic (exact) mass is 595 g/mol. The molecule has 1 fully saturated rings. The Bertz CT molecular complexity index is 952. The summed E-state index contributed by atoms with van der Waals surface area (Å²) in [5.74, 6) is 0.771. The van der Waals surface area contributed by atoms with E-state index in [-0.39, 0.29) is 42.2 Å². The highest BCUT2D eigenvalue weighted by molar-refractivity contribution is 7.99. The summed E-state index contributed by atoms with van der Waals surface area (Å²) in [4.78, 5) is 2.50. The molecule has 2 heterocycles. The Kier molecular flexibility index (Phi) is 13.3. The molecule has 1 saturated heterocycles. The Balaban J connectivity index is 0.00000241. The summed E-state index contributed by atoms with van der Waals surface area (Å²) in [6.45, 7) is 3.99. The van der Waals surface area contributed by atoms with Gasteiger partial charge in [-0.05, 0) is 68.1 Å². The van der Waals surface area contributed by atoms with Crippen molar-refractivity contribution in [1.29, 1.82) is 5.41 Å². The molecule has 4 rings (SSSR count). The standard InChI is InChI=1S/C26H32F3N3OS2.2ClH/c27-26(28,29)33-24-9-8-21(25(30)23(24)19-35-32-13-4-5-14-32)12-17-34-22-10-15-31(16-11-22)18-20-6-2-1-3-7-20;;/h1-4,6-9,13,21-22,30H,5,10-12,14-19H2;2*1H. The molecular formula is C26H34Cl2F3N3OS2. The molecule has 0 aromatic heterocycles. The maximum absolute atomic E-state index is 12.9. The van der Waals surface area contributed by atoms with Gasteiger partial charge in [0.05, 0.1) is 0 Å². The van der Waals surface area contributed by atoms with Crippen molar-refractivity contribution in [3.63, 3.8) is 0 Å². The molecular weight excluding hydrogens is 562 g/mol. The van der Waals surface area contributed by atoms with Crippen LogP contribution in [0, 0.1) is 11.3 Å². The SMILES string of the molecule is Cl.Cl.N=C1C(CSN2C=CCC2)=C(OC(F)(F)F)C=CC1CCSC1CCN(Cc2ccccc2)CC1. The predicted octanol–water partition coefficient (Wildman–Crippen LogP) is 7.48. The second kappa shape index (κ2) is 15.4. The number of piperidine rings is 1. The van der Waals surface area contributed by atoms with Gasteiger partial charge in [0.15, 0.2) is 0 Å². The average Bonchev–Trinajstić information content (AvgIpc) is 3.35. The van der Waals surface area contributed by atoms with E-state index in [2.05, 4.69) is 33.9 Å². The fourth-order valence-electron chi connectivity index (χ4n) is 4.53. The van der Waals surface area contributed by atoms with Crippen LogP contribution in [0.25, 0.3) is 0 Å². The minimum atomic E-state index is -4.76. The van der Waals surface area contributed by atoms with Crippen LogP contribution in [-0.2, 0) is 11.3 Å². The lowest BCUT2D eigenvalue weighted by molar-refractivity contribution is -0.303. The molecule has 1 aliphatic carbocycles. The van der Waals surface area contributed by atoms with Crippen molar-refractivity contribution in [3.8, 4) is 0 Å². The van der Waals surface area contributed by atoms with E-state index in [0.717, 1.165) is 57.6 Å². The van der Waals surface area contributed by atoms with Gasteiger partial charge in [0, 0.05) is 47.5 Å². The number of benzene rings is 1. The summed E-state index contributed by atoms with van der Waals surface area (Å²) in [7, 11) is 0. The Morgan fingerprint density at radius 1 is 1.05 bits per heavy atom. The van der Waals surface area contributed by atoms with Gasteiger partial charge in [-0.15, -0.1) is 38.0 Å². The number of halogens is 5. The van der Waals surface area contributed by atoms with Gasteiger partial charge in [-0.2, -0.15) is 11.8 Å². The number of allylic oxidation sites excluding steroid dienone is 2. The Morgan fingerprint density at radius 3 is 2.43 bits per heavy atom. The molecule has 1 atom stereocenters. The van der Waals surface area contributed by atoms with Gasteiger partial charge in [0.2, 0.25) is 0 Å². The number of nitrogens with zero attached hydrogens (tertiary/aromatic N) is 2. The summed E-state index contributed by atoms with van der Waals surface area (Å²) in [6.07, 6.45) is 6.30. The van der Waals surface area contributed by atoms with Crippen LogP contribution < -0.4 is 0 Å². The quantitative estimate of drug-likeness (QED) is 0.284. The molecule has 1 unspecified atom stereocenters. The van der Waals surface area contributed by atoms with E-state index < -0.39 is 6.36 Å². The molecule has 1 aromatic rings. The summed E-state index contributed by atoms with van der Waals surface area (Å²) in [5, 5.41) is 9.25. The molecule has 37 heavy (non-hydrogen) atoms. The van der Waals surface area contributed by atoms with Gasteiger partial charge >= 0.3 is 6.36 Å². The van der Waals surface area contributed by atoms with Crippen LogP contribution in [0.4, 0.5) is 13.2 Å². The molecule has 4 nitrogen and oxygen atoms in total. The molecule has 206 valence electrons. The molecule has 3 aliphatic rings. The second-order valence-corrected chi connectivity index (χ2v) is 11.4. The third-order valence-electron chi connectivity index (χ3n) is 6.43. The van der Waals surface area contributed by atoms with Gasteiger partial charge in [0.1, 0.15) is 5.76 Å². The molecule has 11 heteroatoms. The average molecular weight is 597 g/mol. The maximum atomic E-state index is 12.9. The topological polar surface area (TPSA) is 39.6 Å². The fraction of sp³-hybridized carbons (Fsp3) is 0.500. The van der Waals surface area contributed by atoms with Crippen LogP contribution in [0.3, 0.4) is 0 Å². The van der Waals surface area contributed by atoms with Crippen LogP contribution in [0.5, 0.6) is 0 Å². The number of hydrogen-bond acceptors (Lipinski definition) is 6. The molecule has 0 radical (unpaired) electrons. The first-order chi connectivity index (χ1) is 16.9. The number of likely N-dealkylation sites (tertiary alicyclic amines) is 1. The van der Waals surface area contributed by atoms with Gasteiger partial charge in [-0.3, -0.25) is 4.90 Å². The van der Waals surface area contributed by atoms with Crippen molar-refractivity contribution in [2.75, 3.05) is 31.1 Å². The minimum absolute atomic E-state index is 0. The van der Waals surface area contributed by atoms with Crippen molar-refractivity contribution >= 4 is 54.2 Å². The predicted molar refractivity (Wildman–Crippen MR) is 154 cm³/mol. The minimum Gasteiger partial charge on any atom is -0.405 e. The summed E-state index contributed by atoms with van der Waals surface area (Å²) in [5.41, 5.74) is 1.94. The highest BCUT2D eigenvalue weighted by Crippen LogP contribution is 2.33. The van der Waals surface area contributed by atoms with Crippen molar-refractivity contribution in [3.05, 3.63) is 71.7 Å². The molecule has 2 aliphatic heterocycles. The smallest absolute Gasteiger partial charge is 0.405 e. The van der Waals surface area contributed by atoms with E-state index >= 15 is 0 Å². The van der Waals surface area contributed by atoms with Crippen LogP contribution in [0.15, 0.2) is 66.1 Å². The molecule has 0 saturated carbocycles. The molecule has 1 aromatic carbocycles. The maximum Gasteiger partial charge on any atom is 0.573 e. The third kappa shape index (κ3) is 10.1. The van der Waals surface area contributed by atoms with E-state index in [1.165, 1.54) is 23.6 Å². The first-order valence-electron chi connectivity index (χ1n) is 12.1. The fourth-order valence-corrected chi connectivity index (χ4v) is 6.79. The molecule has 0 amide bonds. The van der Waals surface area contributed by atoms with E-state index in [1.807, 2.05) is 34.4 Å². The van der Waals surface area contributed by atoms with Crippen LogP contribution >= 0.6 is 48.5 Å². The molecule has 0 bridgehead atoms. The highest BCUT2D eigenvalue weighted by atomic mass is 35.5. The van der Waals surface area contributed by atoms with Gasteiger partial charge in [-0.25, -0.2) is 0 Å². The lowest BCUT2D eigenvalue weighted by Gasteiger charge is -2.32. The van der Waals surface area contributed by atoms with Crippen molar-refractivity contribution in [2.24, 2.45) is 5.92 Å². The van der Waals surface area contributed by atoms with Crippen molar-refractivity contribution < 1.29 is 17.9 Å². The molecule has 0 spiro atoms. The van der Waals surface area contributed by atoms with Crippen molar-refractivity contribution in [1.82, 2.24) is 9.21 Å². The second-order valence-electron chi connectivity index (χ2n) is 8.98. The summed E-state index contributed by atoms with van der Waals surface area (Å²) >= 11 is 3.37. The largest absolute Gasteiger partial charge is 0.573 e. The number of alkyl halides is 3. The highest BCUT2D eigenvalue weighted by Gasteiger charge is 2.35. The zero-order valence-electron chi connectivity index (χ0n) is 20.5. The zero-order chi connectivity index (χ0) is 24.7. The van der Waals surface area contributed by atoms with Gasteiger partial charge < -0.3 is 14.5 Å². The third-order valence-corrected chi connectivity index (χ3v) is 8.90. The van der Waals surface area contributed by atoms with E-state index in [1.54, 1.807) is 6.08 Å². The number of hydrogen-bond donors (Lipinski definition) is 1. The Hall–Kier alpha value is -1.26. The van der Waals surface area contributed by atoms with E-state index in [0.29, 0.717) is 16.6 Å². The summed E-state index contributed by atoms with van der Waals surface area (Å²) < 4.78 is 45.1. The zero-order valence-corrected chi connectivity index (χ0v) is 23.8. The van der Waals surface area contributed by atoms with Crippen LogP contribution in [0.2, 0.25) is 0 Å². The van der Waals surface area contributed by atoms with Gasteiger partial charge in [0.25, 0.3) is 0 Å². The number of rotatable bonds is 10. The summed E-state index contributed by atoms with van der Waals surface area (Å²) in [6, 6.07) is 10.5. The Morgan fingerprint density at radius 2 is 1.78 bits per heavy atom. The van der Waals surface area contributed by atoms with Crippen LogP contribution in [-0.4, -0.2) is 57.7 Å². The lowest BCUT2D eigenvalue weighted by Crippen LogP contribution is -2.34. The first kappa shape index (κ1) is 32.0. The van der Waals surface area contributed by atoms with Crippen molar-refractivity contribution in [2.45, 2.75) is 43.8 Å². The number of thioether (sulfide) groups is 1. The Labute approximate surface area is 238 Å². The van der Waals surface area contributed by atoms with Gasteiger partial charge in [-0.1, -0.05) is 42.5 Å². The van der Waals surface area contributed by atoms with E-state index in [4.69, 9.17) is 5.41 Å².